The number of piperidine rings is 1. The van der Waals surface area contributed by atoms with Gasteiger partial charge in [-0.1, -0.05) is 36.4 Å². The highest BCUT2D eigenvalue weighted by Gasteiger charge is 2.47. The van der Waals surface area contributed by atoms with Crippen LogP contribution in [0.3, 0.4) is 0 Å². The van der Waals surface area contributed by atoms with Gasteiger partial charge >= 0.3 is 12.1 Å². The second-order valence-electron chi connectivity index (χ2n) is 12.5. The van der Waals surface area contributed by atoms with Crippen molar-refractivity contribution in [2.24, 2.45) is 0 Å². The number of esters is 1. The SMILES string of the molecule is CCOC(=O)Cc1c(C)cccc1OC1CC2(CCN(C(=O)OC(C)C)CC2)c2ccc(-c3ccc4ccnc(N)c4c3)cc21. The van der Waals surface area contributed by atoms with E-state index in [2.05, 4.69) is 41.4 Å². The molecule has 2 heterocycles. The smallest absolute Gasteiger partial charge is 0.410 e. The van der Waals surface area contributed by atoms with E-state index >= 15 is 0 Å². The zero-order valence-electron chi connectivity index (χ0n) is 26.5. The minimum Gasteiger partial charge on any atom is -0.485 e. The van der Waals surface area contributed by atoms with Crippen LogP contribution < -0.4 is 10.5 Å². The van der Waals surface area contributed by atoms with E-state index in [1.807, 2.05) is 56.9 Å². The van der Waals surface area contributed by atoms with Crippen LogP contribution >= 0.6 is 0 Å². The molecular formula is C37H41N3O5. The molecule has 6 rings (SSSR count). The van der Waals surface area contributed by atoms with Gasteiger partial charge in [0.1, 0.15) is 17.7 Å². The number of nitrogens with zero attached hydrogens (tertiary/aromatic N) is 2. The number of pyridine rings is 1. The monoisotopic (exact) mass is 607 g/mol. The zero-order chi connectivity index (χ0) is 31.7. The summed E-state index contributed by atoms with van der Waals surface area (Å²) in [4.78, 5) is 31.3. The van der Waals surface area contributed by atoms with Gasteiger partial charge < -0.3 is 24.8 Å². The third-order valence-corrected chi connectivity index (χ3v) is 9.25. The molecule has 1 fully saturated rings. The van der Waals surface area contributed by atoms with Crippen molar-refractivity contribution >= 4 is 28.7 Å². The fourth-order valence-electron chi connectivity index (χ4n) is 6.93. The van der Waals surface area contributed by atoms with Crippen LogP contribution in [0.15, 0.2) is 66.9 Å². The maximum atomic E-state index is 12.7. The standard InChI is InChI=1S/C37H41N3O5/c1-5-43-34(41)21-28-24(4)7-6-8-32(28)45-33-22-37(14-17-40(18-15-37)36(42)44-23(2)3)31-12-11-27(20-30(31)33)26-10-9-25-13-16-39-35(38)29(25)19-26/h6-13,16,19-20,23,33H,5,14-15,17-18,21-22H2,1-4H3,(H2,38,39). The summed E-state index contributed by atoms with van der Waals surface area (Å²) in [6, 6.07) is 20.8. The first-order chi connectivity index (χ1) is 21.7. The highest BCUT2D eigenvalue weighted by Crippen LogP contribution is 2.53. The topological polar surface area (TPSA) is 104 Å². The number of likely N-dealkylation sites (tertiary alicyclic amines) is 1. The van der Waals surface area contributed by atoms with Crippen molar-refractivity contribution in [3.8, 4) is 16.9 Å². The predicted octanol–water partition coefficient (Wildman–Crippen LogP) is 7.30. The van der Waals surface area contributed by atoms with Crippen molar-refractivity contribution in [1.82, 2.24) is 9.88 Å². The average molecular weight is 608 g/mol. The molecule has 1 saturated heterocycles. The minimum absolute atomic E-state index is 0.143. The number of carbonyl (C=O) groups is 2. The van der Waals surface area contributed by atoms with Crippen molar-refractivity contribution < 1.29 is 23.8 Å². The van der Waals surface area contributed by atoms with Crippen LogP contribution in [0.4, 0.5) is 10.6 Å². The Balaban J connectivity index is 1.37. The van der Waals surface area contributed by atoms with E-state index in [1.54, 1.807) is 6.20 Å². The summed E-state index contributed by atoms with van der Waals surface area (Å²) in [7, 11) is 0. The molecule has 8 heteroatoms. The zero-order valence-corrected chi connectivity index (χ0v) is 26.5. The number of nitrogens with two attached hydrogens (primary N) is 1. The van der Waals surface area contributed by atoms with Crippen LogP contribution in [-0.2, 0) is 26.1 Å². The third-order valence-electron chi connectivity index (χ3n) is 9.25. The second-order valence-corrected chi connectivity index (χ2v) is 12.5. The number of nitrogen functional groups attached to an aromatic ring is 1. The van der Waals surface area contributed by atoms with Crippen LogP contribution in [0.25, 0.3) is 21.9 Å². The van der Waals surface area contributed by atoms with Gasteiger partial charge in [0.05, 0.1) is 19.1 Å². The summed E-state index contributed by atoms with van der Waals surface area (Å²) in [5.74, 6) is 0.934. The van der Waals surface area contributed by atoms with Crippen LogP contribution in [0.1, 0.15) is 68.4 Å². The molecule has 0 saturated carbocycles. The first-order valence-corrected chi connectivity index (χ1v) is 15.8. The van der Waals surface area contributed by atoms with E-state index in [0.29, 0.717) is 31.3 Å². The molecule has 0 radical (unpaired) electrons. The van der Waals surface area contributed by atoms with Crippen molar-refractivity contribution in [2.45, 2.75) is 71.0 Å². The molecule has 2 aliphatic rings. The number of anilines is 1. The van der Waals surface area contributed by atoms with E-state index in [4.69, 9.17) is 19.9 Å². The third kappa shape index (κ3) is 6.06. The van der Waals surface area contributed by atoms with Gasteiger partial charge in [0.15, 0.2) is 0 Å². The number of hydrogen-bond donors (Lipinski definition) is 1. The van der Waals surface area contributed by atoms with Crippen molar-refractivity contribution in [1.29, 1.82) is 0 Å². The number of rotatable bonds is 7. The molecule has 0 bridgehead atoms. The Kier molecular flexibility index (Phi) is 8.40. The normalized spacial score (nSPS) is 17.0. The molecule has 2 N–H and O–H groups in total. The van der Waals surface area contributed by atoms with Gasteiger partial charge in [-0.05, 0) is 104 Å². The van der Waals surface area contributed by atoms with Crippen molar-refractivity contribution in [3.63, 3.8) is 0 Å². The largest absolute Gasteiger partial charge is 0.485 e. The molecule has 8 nitrogen and oxygen atoms in total. The van der Waals surface area contributed by atoms with Crippen LogP contribution in [0.2, 0.25) is 0 Å². The van der Waals surface area contributed by atoms with E-state index in [0.717, 1.165) is 57.9 Å². The maximum Gasteiger partial charge on any atom is 0.410 e. The predicted molar refractivity (Wildman–Crippen MR) is 175 cm³/mol. The molecule has 1 spiro atoms. The van der Waals surface area contributed by atoms with E-state index in [-0.39, 0.29) is 36.1 Å². The Morgan fingerprint density at radius 3 is 2.56 bits per heavy atom. The Labute approximate surface area is 264 Å². The average Bonchev–Trinajstić information content (AvgIpc) is 3.30. The number of hydrogen-bond acceptors (Lipinski definition) is 7. The number of aromatic nitrogens is 1. The Hall–Kier alpha value is -4.59. The Morgan fingerprint density at radius 1 is 1.04 bits per heavy atom. The second kappa shape index (κ2) is 12.4. The molecule has 1 aliphatic carbocycles. The van der Waals surface area contributed by atoms with Crippen LogP contribution in [-0.4, -0.2) is 47.7 Å². The molecule has 1 aromatic heterocycles. The van der Waals surface area contributed by atoms with Crippen LogP contribution in [0, 0.1) is 6.92 Å². The first kappa shape index (κ1) is 30.4. The van der Waals surface area contributed by atoms with Crippen LogP contribution in [0.5, 0.6) is 5.75 Å². The summed E-state index contributed by atoms with van der Waals surface area (Å²) in [5, 5.41) is 1.97. The summed E-state index contributed by atoms with van der Waals surface area (Å²) in [5.41, 5.74) is 12.4. The highest BCUT2D eigenvalue weighted by atomic mass is 16.6. The molecule has 234 valence electrons. The number of benzene rings is 3. The highest BCUT2D eigenvalue weighted by molar-refractivity contribution is 5.94. The van der Waals surface area contributed by atoms with Gasteiger partial charge in [-0.25, -0.2) is 9.78 Å². The Bertz CT molecular complexity index is 1740. The molecular weight excluding hydrogens is 566 g/mol. The molecule has 4 aromatic rings. The lowest BCUT2D eigenvalue weighted by Gasteiger charge is -2.40. The molecule has 1 atom stereocenters. The molecule has 1 amide bonds. The molecule has 45 heavy (non-hydrogen) atoms. The lowest BCUT2D eigenvalue weighted by Crippen LogP contribution is -2.45. The van der Waals surface area contributed by atoms with Gasteiger partial charge in [-0.2, -0.15) is 0 Å². The van der Waals surface area contributed by atoms with Gasteiger partial charge in [0.2, 0.25) is 0 Å². The van der Waals surface area contributed by atoms with Gasteiger partial charge in [0, 0.05) is 35.7 Å². The molecule has 1 aliphatic heterocycles. The lowest BCUT2D eigenvalue weighted by atomic mass is 9.73. The molecule has 1 unspecified atom stereocenters. The van der Waals surface area contributed by atoms with Gasteiger partial charge in [0.25, 0.3) is 0 Å². The molecule has 3 aromatic carbocycles. The van der Waals surface area contributed by atoms with Gasteiger partial charge in [-0.15, -0.1) is 0 Å². The fraction of sp³-hybridized carbons (Fsp3) is 0.378. The number of aryl methyl sites for hydroxylation is 1. The Morgan fingerprint density at radius 2 is 1.80 bits per heavy atom. The fourth-order valence-corrected chi connectivity index (χ4v) is 6.93. The maximum absolute atomic E-state index is 12.7. The summed E-state index contributed by atoms with van der Waals surface area (Å²) < 4.78 is 17.7. The quantitative estimate of drug-likeness (QED) is 0.220. The van der Waals surface area contributed by atoms with Crippen molar-refractivity contribution in [3.05, 3.63) is 89.1 Å². The summed E-state index contributed by atoms with van der Waals surface area (Å²) in [6.07, 6.45) is 3.64. The first-order valence-electron chi connectivity index (χ1n) is 15.8. The van der Waals surface area contributed by atoms with E-state index < -0.39 is 0 Å². The number of carbonyl (C=O) groups excluding carboxylic acids is 2. The number of fused-ring (bicyclic) bond motifs is 3. The lowest BCUT2D eigenvalue weighted by molar-refractivity contribution is -0.142. The van der Waals surface area contributed by atoms with E-state index in [9.17, 15) is 9.59 Å². The number of amides is 1. The summed E-state index contributed by atoms with van der Waals surface area (Å²) in [6.45, 7) is 9.13. The summed E-state index contributed by atoms with van der Waals surface area (Å²) >= 11 is 0. The van der Waals surface area contributed by atoms with Gasteiger partial charge in [-0.3, -0.25) is 4.79 Å². The number of ether oxygens (including phenoxy) is 3. The van der Waals surface area contributed by atoms with E-state index in [1.165, 1.54) is 5.56 Å². The minimum atomic E-state index is -0.270. The van der Waals surface area contributed by atoms with Crippen molar-refractivity contribution in [2.75, 3.05) is 25.4 Å².